The first-order valence-corrected chi connectivity index (χ1v) is 7.42. The third kappa shape index (κ3) is 4.74. The van der Waals surface area contributed by atoms with Crippen molar-refractivity contribution in [2.75, 3.05) is 32.8 Å². The highest BCUT2D eigenvalue weighted by molar-refractivity contribution is 7.80. The van der Waals surface area contributed by atoms with Crippen molar-refractivity contribution in [1.82, 2.24) is 4.90 Å². The maximum Gasteiger partial charge on any atom is 0.119 e. The van der Waals surface area contributed by atoms with Crippen molar-refractivity contribution >= 4 is 17.2 Å². The van der Waals surface area contributed by atoms with Gasteiger partial charge < -0.3 is 15.2 Å². The van der Waals surface area contributed by atoms with Crippen molar-refractivity contribution in [2.45, 2.75) is 19.4 Å². The predicted molar refractivity (Wildman–Crippen MR) is 84.3 cm³/mol. The quantitative estimate of drug-likeness (QED) is 0.640. The molecule has 0 aromatic heterocycles. The fourth-order valence-electron chi connectivity index (χ4n) is 2.29. The summed E-state index contributed by atoms with van der Waals surface area (Å²) in [5.41, 5.74) is 6.42. The van der Waals surface area contributed by atoms with Crippen LogP contribution in [-0.4, -0.2) is 48.8 Å². The lowest BCUT2D eigenvalue weighted by Gasteiger charge is -2.30. The molecule has 1 aliphatic rings. The molecule has 20 heavy (non-hydrogen) atoms. The zero-order chi connectivity index (χ0) is 14.4. The van der Waals surface area contributed by atoms with Crippen LogP contribution in [-0.2, 0) is 4.74 Å². The number of nitrogens with two attached hydrogens (primary N) is 1. The molecule has 0 bridgehead atoms. The molecule has 1 aromatic rings. The molecule has 1 saturated heterocycles. The fourth-order valence-corrected chi connectivity index (χ4v) is 2.42. The van der Waals surface area contributed by atoms with Gasteiger partial charge in [-0.2, -0.15) is 0 Å². The van der Waals surface area contributed by atoms with Crippen LogP contribution in [0.4, 0.5) is 0 Å². The molecule has 1 fully saturated rings. The Morgan fingerprint density at radius 2 is 2.20 bits per heavy atom. The van der Waals surface area contributed by atoms with Gasteiger partial charge in [-0.05, 0) is 37.6 Å². The van der Waals surface area contributed by atoms with Gasteiger partial charge in [-0.15, -0.1) is 0 Å². The number of nitrogens with zero attached hydrogens (tertiary/aromatic N) is 1. The minimum absolute atomic E-state index is 0.345. The highest BCUT2D eigenvalue weighted by atomic mass is 32.1. The number of thiocarbonyl (C=S) groups is 1. The normalized spacial score (nSPS) is 19.8. The van der Waals surface area contributed by atoms with E-state index in [1.165, 1.54) is 0 Å². The summed E-state index contributed by atoms with van der Waals surface area (Å²) in [5, 5.41) is 0. The molecule has 4 nitrogen and oxygen atoms in total. The van der Waals surface area contributed by atoms with Crippen molar-refractivity contribution in [1.29, 1.82) is 0 Å². The smallest absolute Gasteiger partial charge is 0.119 e. The van der Waals surface area contributed by atoms with Gasteiger partial charge in [0.2, 0.25) is 0 Å². The zero-order valence-electron chi connectivity index (χ0n) is 11.9. The van der Waals surface area contributed by atoms with E-state index in [4.69, 9.17) is 27.4 Å². The third-order valence-corrected chi connectivity index (χ3v) is 3.59. The monoisotopic (exact) mass is 294 g/mol. The van der Waals surface area contributed by atoms with Crippen LogP contribution >= 0.6 is 12.2 Å². The summed E-state index contributed by atoms with van der Waals surface area (Å²) in [7, 11) is 0. The van der Waals surface area contributed by atoms with E-state index in [1.54, 1.807) is 0 Å². The minimum atomic E-state index is 0.345. The average Bonchev–Trinajstić information content (AvgIpc) is 2.44. The average molecular weight is 294 g/mol. The van der Waals surface area contributed by atoms with E-state index >= 15 is 0 Å². The Morgan fingerprint density at radius 3 is 2.85 bits per heavy atom. The molecule has 110 valence electrons. The molecule has 1 heterocycles. The van der Waals surface area contributed by atoms with E-state index in [2.05, 4.69) is 11.8 Å². The summed E-state index contributed by atoms with van der Waals surface area (Å²) >= 11 is 4.91. The molecule has 2 N–H and O–H groups in total. The minimum Gasteiger partial charge on any atom is -0.494 e. The lowest BCUT2D eigenvalue weighted by molar-refractivity contribution is -0.0193. The van der Waals surface area contributed by atoms with Gasteiger partial charge in [0.25, 0.3) is 0 Å². The fraction of sp³-hybridized carbons (Fsp3) is 0.533. The number of rotatable bonds is 6. The molecular formula is C15H22N2O2S. The Kier molecular flexibility index (Phi) is 5.76. The Morgan fingerprint density at radius 1 is 1.45 bits per heavy atom. The van der Waals surface area contributed by atoms with Crippen LogP contribution in [0.1, 0.15) is 18.9 Å². The van der Waals surface area contributed by atoms with Gasteiger partial charge in [-0.25, -0.2) is 0 Å². The molecule has 1 atom stereocenters. The van der Waals surface area contributed by atoms with Crippen LogP contribution in [0.15, 0.2) is 24.3 Å². The number of benzene rings is 1. The first-order valence-electron chi connectivity index (χ1n) is 7.02. The maximum absolute atomic E-state index is 5.72. The van der Waals surface area contributed by atoms with Gasteiger partial charge in [-0.3, -0.25) is 4.90 Å². The summed E-state index contributed by atoms with van der Waals surface area (Å²) < 4.78 is 11.2. The van der Waals surface area contributed by atoms with Crippen molar-refractivity contribution < 1.29 is 9.47 Å². The van der Waals surface area contributed by atoms with Gasteiger partial charge in [0.05, 0.1) is 19.3 Å². The van der Waals surface area contributed by atoms with E-state index in [-0.39, 0.29) is 0 Å². The first kappa shape index (κ1) is 15.2. The lowest BCUT2D eigenvalue weighted by Crippen LogP contribution is -2.41. The number of hydrogen-bond donors (Lipinski definition) is 1. The van der Waals surface area contributed by atoms with E-state index in [0.717, 1.165) is 50.6 Å². The molecule has 0 radical (unpaired) electrons. The van der Waals surface area contributed by atoms with Crippen molar-refractivity contribution in [3.05, 3.63) is 29.8 Å². The number of hydrogen-bond acceptors (Lipinski definition) is 4. The molecular weight excluding hydrogens is 272 g/mol. The molecule has 2 rings (SSSR count). The molecule has 0 saturated carbocycles. The maximum atomic E-state index is 5.72. The predicted octanol–water partition coefficient (Wildman–Crippen LogP) is 1.81. The molecule has 1 unspecified atom stereocenters. The lowest BCUT2D eigenvalue weighted by atomic mass is 10.2. The van der Waals surface area contributed by atoms with Crippen LogP contribution in [0.25, 0.3) is 0 Å². The Bertz CT molecular complexity index is 436. The highest BCUT2D eigenvalue weighted by Gasteiger charge is 2.15. The van der Waals surface area contributed by atoms with Gasteiger partial charge in [0.1, 0.15) is 10.7 Å². The van der Waals surface area contributed by atoms with Crippen molar-refractivity contribution in [2.24, 2.45) is 5.73 Å². The molecule has 0 aliphatic carbocycles. The third-order valence-electron chi connectivity index (χ3n) is 3.35. The highest BCUT2D eigenvalue weighted by Crippen LogP contribution is 2.12. The Balaban J connectivity index is 1.66. The summed E-state index contributed by atoms with van der Waals surface area (Å²) in [6, 6.07) is 7.60. The van der Waals surface area contributed by atoms with Crippen LogP contribution in [0, 0.1) is 0 Å². The zero-order valence-corrected chi connectivity index (χ0v) is 12.7. The number of morpholine rings is 1. The summed E-state index contributed by atoms with van der Waals surface area (Å²) in [5.74, 6) is 0.861. The Labute approximate surface area is 125 Å². The van der Waals surface area contributed by atoms with Crippen LogP contribution in [0.5, 0.6) is 5.75 Å². The van der Waals surface area contributed by atoms with Crippen LogP contribution in [0.2, 0.25) is 0 Å². The van der Waals surface area contributed by atoms with Crippen LogP contribution in [0.3, 0.4) is 0 Å². The topological polar surface area (TPSA) is 47.7 Å². The standard InChI is InChI=1S/C15H22N2O2S/c1-12-11-17(8-10-18-12)7-2-9-19-14-5-3-13(4-6-14)15(16)20/h3-6,12H,2,7-11H2,1H3,(H2,16,20). The second kappa shape index (κ2) is 7.57. The molecule has 0 spiro atoms. The van der Waals surface area contributed by atoms with E-state index in [0.29, 0.717) is 11.1 Å². The van der Waals surface area contributed by atoms with E-state index < -0.39 is 0 Å². The summed E-state index contributed by atoms with van der Waals surface area (Å²) in [6.07, 6.45) is 1.36. The summed E-state index contributed by atoms with van der Waals surface area (Å²) in [4.78, 5) is 2.84. The Hall–Kier alpha value is -1.17. The van der Waals surface area contributed by atoms with Crippen molar-refractivity contribution in [3.63, 3.8) is 0 Å². The molecule has 1 aromatic carbocycles. The van der Waals surface area contributed by atoms with Crippen molar-refractivity contribution in [3.8, 4) is 5.75 Å². The second-order valence-electron chi connectivity index (χ2n) is 5.07. The summed E-state index contributed by atoms with van der Waals surface area (Å²) in [6.45, 7) is 6.76. The van der Waals surface area contributed by atoms with E-state index in [1.807, 2.05) is 24.3 Å². The van der Waals surface area contributed by atoms with Gasteiger partial charge in [0, 0.05) is 25.2 Å². The second-order valence-corrected chi connectivity index (χ2v) is 5.51. The molecule has 0 amide bonds. The molecule has 5 heteroatoms. The SMILES string of the molecule is CC1CN(CCCOc2ccc(C(N)=S)cc2)CCO1. The first-order chi connectivity index (χ1) is 9.65. The largest absolute Gasteiger partial charge is 0.494 e. The van der Waals surface area contributed by atoms with Gasteiger partial charge >= 0.3 is 0 Å². The van der Waals surface area contributed by atoms with Gasteiger partial charge in [0.15, 0.2) is 0 Å². The van der Waals surface area contributed by atoms with Crippen LogP contribution < -0.4 is 10.5 Å². The van der Waals surface area contributed by atoms with E-state index in [9.17, 15) is 0 Å². The van der Waals surface area contributed by atoms with Gasteiger partial charge in [-0.1, -0.05) is 12.2 Å². The molecule has 1 aliphatic heterocycles. The number of ether oxygens (including phenoxy) is 2.